The highest BCUT2D eigenvalue weighted by molar-refractivity contribution is 7.99. The zero-order chi connectivity index (χ0) is 8.91. The van der Waals surface area contributed by atoms with E-state index in [1.165, 1.54) is 5.71 Å². The minimum absolute atomic E-state index is 0.260. The quantitative estimate of drug-likeness (QED) is 0.468. The topological polar surface area (TPSA) is 12.4 Å². The normalized spacial score (nSPS) is 11.4. The Morgan fingerprint density at radius 3 is 1.91 bits per heavy atom. The minimum Gasteiger partial charge on any atom is -0.225 e. The molecule has 0 aromatic rings. The standard InChI is InChI=1S/C9H19NS/c1-6-8(7-2)10-11-9(3,4)5/h6-7H2,1-5H3. The van der Waals surface area contributed by atoms with Crippen molar-refractivity contribution in [3.63, 3.8) is 0 Å². The van der Waals surface area contributed by atoms with Crippen LogP contribution in [0.5, 0.6) is 0 Å². The second-order valence-electron chi connectivity index (χ2n) is 3.57. The third-order valence-corrected chi connectivity index (χ3v) is 2.16. The second-order valence-corrected chi connectivity index (χ2v) is 5.16. The number of nitrogens with zero attached hydrogens (tertiary/aromatic N) is 1. The van der Waals surface area contributed by atoms with Crippen molar-refractivity contribution in [2.75, 3.05) is 0 Å². The molecule has 0 heterocycles. The van der Waals surface area contributed by atoms with Crippen LogP contribution >= 0.6 is 11.9 Å². The lowest BCUT2D eigenvalue weighted by molar-refractivity contribution is 0.804. The van der Waals surface area contributed by atoms with Crippen LogP contribution in [0.1, 0.15) is 47.5 Å². The molecule has 0 aromatic heterocycles. The lowest BCUT2D eigenvalue weighted by Gasteiger charge is -2.13. The van der Waals surface area contributed by atoms with E-state index in [1.54, 1.807) is 11.9 Å². The summed E-state index contributed by atoms with van der Waals surface area (Å²) in [5, 5.41) is 0. The molecule has 0 bridgehead atoms. The molecular weight excluding hydrogens is 154 g/mol. The van der Waals surface area contributed by atoms with Gasteiger partial charge in [-0.05, 0) is 45.6 Å². The van der Waals surface area contributed by atoms with Crippen molar-refractivity contribution >= 4 is 17.7 Å². The van der Waals surface area contributed by atoms with E-state index in [2.05, 4.69) is 39.0 Å². The fraction of sp³-hybridized carbons (Fsp3) is 0.889. The molecule has 0 N–H and O–H groups in total. The lowest BCUT2D eigenvalue weighted by Crippen LogP contribution is -2.06. The Kier molecular flexibility index (Phi) is 4.82. The molecule has 0 aliphatic heterocycles. The molecule has 2 heteroatoms. The Bertz CT molecular complexity index is 127. The van der Waals surface area contributed by atoms with Crippen LogP contribution in [0.25, 0.3) is 0 Å². The summed E-state index contributed by atoms with van der Waals surface area (Å²) >= 11 is 1.68. The van der Waals surface area contributed by atoms with E-state index in [0.29, 0.717) is 0 Å². The van der Waals surface area contributed by atoms with E-state index < -0.39 is 0 Å². The van der Waals surface area contributed by atoms with Crippen molar-refractivity contribution in [2.45, 2.75) is 52.2 Å². The Morgan fingerprint density at radius 1 is 1.18 bits per heavy atom. The van der Waals surface area contributed by atoms with E-state index in [0.717, 1.165) is 12.8 Å². The molecule has 0 saturated heterocycles. The first-order chi connectivity index (χ1) is 4.99. The molecule has 0 saturated carbocycles. The van der Waals surface area contributed by atoms with Crippen LogP contribution < -0.4 is 0 Å². The summed E-state index contributed by atoms with van der Waals surface area (Å²) in [6.45, 7) is 10.9. The molecule has 0 amide bonds. The van der Waals surface area contributed by atoms with Gasteiger partial charge in [-0.25, -0.2) is 4.40 Å². The number of hydrogen-bond acceptors (Lipinski definition) is 2. The molecular formula is C9H19NS. The highest BCUT2D eigenvalue weighted by Crippen LogP contribution is 2.24. The van der Waals surface area contributed by atoms with Gasteiger partial charge in [0, 0.05) is 10.5 Å². The summed E-state index contributed by atoms with van der Waals surface area (Å²) in [4.78, 5) is 0. The molecule has 0 rings (SSSR count). The highest BCUT2D eigenvalue weighted by atomic mass is 32.2. The molecule has 0 aliphatic rings. The minimum atomic E-state index is 0.260. The summed E-state index contributed by atoms with van der Waals surface area (Å²) < 4.78 is 4.72. The van der Waals surface area contributed by atoms with E-state index in [4.69, 9.17) is 0 Å². The Balaban J connectivity index is 3.89. The fourth-order valence-electron chi connectivity index (χ4n) is 0.581. The van der Waals surface area contributed by atoms with Crippen molar-refractivity contribution in [1.82, 2.24) is 0 Å². The predicted molar refractivity (Wildman–Crippen MR) is 55.4 cm³/mol. The molecule has 0 unspecified atom stereocenters. The van der Waals surface area contributed by atoms with Crippen LogP contribution in [-0.4, -0.2) is 10.5 Å². The lowest BCUT2D eigenvalue weighted by atomic mass is 10.2. The Hall–Kier alpha value is 0.0200. The average molecular weight is 173 g/mol. The van der Waals surface area contributed by atoms with Gasteiger partial charge in [0.25, 0.3) is 0 Å². The smallest absolute Gasteiger partial charge is 0.0294 e. The maximum Gasteiger partial charge on any atom is 0.0294 e. The first-order valence-corrected chi connectivity index (χ1v) is 5.01. The van der Waals surface area contributed by atoms with Crippen molar-refractivity contribution in [2.24, 2.45) is 4.40 Å². The van der Waals surface area contributed by atoms with E-state index in [9.17, 15) is 0 Å². The summed E-state index contributed by atoms with van der Waals surface area (Å²) in [5.41, 5.74) is 1.31. The maximum atomic E-state index is 4.47. The maximum absolute atomic E-state index is 4.47. The SMILES string of the molecule is CCC(CC)=NSC(C)(C)C. The van der Waals surface area contributed by atoms with Crippen LogP contribution in [0.2, 0.25) is 0 Å². The molecule has 1 nitrogen and oxygen atoms in total. The molecule has 0 aliphatic carbocycles. The number of hydrogen-bond donors (Lipinski definition) is 0. The third-order valence-electron chi connectivity index (χ3n) is 1.26. The Morgan fingerprint density at radius 2 is 1.64 bits per heavy atom. The van der Waals surface area contributed by atoms with Gasteiger partial charge in [0.05, 0.1) is 0 Å². The monoisotopic (exact) mass is 173 g/mol. The number of rotatable bonds is 3. The molecule has 0 atom stereocenters. The van der Waals surface area contributed by atoms with Gasteiger partial charge in [-0.15, -0.1) is 0 Å². The highest BCUT2D eigenvalue weighted by Gasteiger charge is 2.09. The molecule has 66 valence electrons. The fourth-order valence-corrected chi connectivity index (χ4v) is 1.24. The van der Waals surface area contributed by atoms with E-state index >= 15 is 0 Å². The van der Waals surface area contributed by atoms with E-state index in [-0.39, 0.29) is 4.75 Å². The van der Waals surface area contributed by atoms with E-state index in [1.807, 2.05) is 0 Å². The van der Waals surface area contributed by atoms with Gasteiger partial charge < -0.3 is 0 Å². The zero-order valence-corrected chi connectivity index (χ0v) is 9.09. The van der Waals surface area contributed by atoms with Gasteiger partial charge in [-0.3, -0.25) is 0 Å². The van der Waals surface area contributed by atoms with Gasteiger partial charge >= 0.3 is 0 Å². The summed E-state index contributed by atoms with van der Waals surface area (Å²) in [7, 11) is 0. The van der Waals surface area contributed by atoms with Gasteiger partial charge in [-0.1, -0.05) is 13.8 Å². The summed E-state index contributed by atoms with van der Waals surface area (Å²) in [5.74, 6) is 0. The summed E-state index contributed by atoms with van der Waals surface area (Å²) in [6, 6.07) is 0. The van der Waals surface area contributed by atoms with Crippen LogP contribution in [0.3, 0.4) is 0 Å². The molecule has 0 fully saturated rings. The zero-order valence-electron chi connectivity index (χ0n) is 8.27. The van der Waals surface area contributed by atoms with Crippen molar-refractivity contribution < 1.29 is 0 Å². The van der Waals surface area contributed by atoms with Crippen molar-refractivity contribution in [3.8, 4) is 0 Å². The summed E-state index contributed by atoms with van der Waals surface area (Å²) in [6.07, 6.45) is 2.17. The van der Waals surface area contributed by atoms with Crippen molar-refractivity contribution in [1.29, 1.82) is 0 Å². The second kappa shape index (κ2) is 4.81. The molecule has 0 aromatic carbocycles. The third kappa shape index (κ3) is 6.42. The first-order valence-electron chi connectivity index (χ1n) is 4.23. The van der Waals surface area contributed by atoms with Gasteiger partial charge in [-0.2, -0.15) is 0 Å². The predicted octanol–water partition coefficient (Wildman–Crippen LogP) is 3.69. The van der Waals surface area contributed by atoms with Gasteiger partial charge in [0.1, 0.15) is 0 Å². The molecule has 0 radical (unpaired) electrons. The Labute approximate surface area is 74.8 Å². The first kappa shape index (κ1) is 11.0. The van der Waals surface area contributed by atoms with Crippen molar-refractivity contribution in [3.05, 3.63) is 0 Å². The largest absolute Gasteiger partial charge is 0.225 e. The molecule has 11 heavy (non-hydrogen) atoms. The van der Waals surface area contributed by atoms with Crippen LogP contribution in [0.15, 0.2) is 4.40 Å². The average Bonchev–Trinajstić information content (AvgIpc) is 1.88. The van der Waals surface area contributed by atoms with Crippen LogP contribution in [0, 0.1) is 0 Å². The van der Waals surface area contributed by atoms with Gasteiger partial charge in [0.15, 0.2) is 0 Å². The van der Waals surface area contributed by atoms with Crippen LogP contribution in [-0.2, 0) is 0 Å². The van der Waals surface area contributed by atoms with Crippen LogP contribution in [0.4, 0.5) is 0 Å². The van der Waals surface area contributed by atoms with Gasteiger partial charge in [0.2, 0.25) is 0 Å². The molecule has 0 spiro atoms.